The lowest BCUT2D eigenvalue weighted by Crippen LogP contribution is -2.17. The summed E-state index contributed by atoms with van der Waals surface area (Å²) in [6, 6.07) is 0. The summed E-state index contributed by atoms with van der Waals surface area (Å²) >= 11 is 0. The number of allylic oxidation sites excluding steroid dienone is 2. The number of hydrogen-bond acceptors (Lipinski definition) is 4. The zero-order valence-corrected chi connectivity index (χ0v) is 9.62. The monoisotopic (exact) mass is 224 g/mol. The van der Waals surface area contributed by atoms with Gasteiger partial charge >= 0.3 is 0 Å². The fraction of sp³-hybridized carbons (Fsp3) is 0.500. The highest BCUT2D eigenvalue weighted by Crippen LogP contribution is 2.14. The Bertz CT molecular complexity index is 305. The quantitative estimate of drug-likeness (QED) is 0.645. The van der Waals surface area contributed by atoms with Crippen LogP contribution in [0.2, 0.25) is 0 Å². The predicted molar refractivity (Wildman–Crippen MR) is 58.7 cm³/mol. The van der Waals surface area contributed by atoms with Gasteiger partial charge in [0.25, 0.3) is 0 Å². The van der Waals surface area contributed by atoms with Crippen LogP contribution in [0.4, 0.5) is 0 Å². The lowest BCUT2D eigenvalue weighted by atomic mass is 10.1. The smallest absolute Gasteiger partial charge is 0.224 e. The van der Waals surface area contributed by atoms with E-state index in [9.17, 15) is 9.59 Å². The van der Waals surface area contributed by atoms with E-state index in [-0.39, 0.29) is 23.1 Å². The van der Waals surface area contributed by atoms with E-state index in [2.05, 4.69) is 0 Å². The van der Waals surface area contributed by atoms with Crippen molar-refractivity contribution in [2.24, 2.45) is 0 Å². The van der Waals surface area contributed by atoms with E-state index < -0.39 is 0 Å². The van der Waals surface area contributed by atoms with Crippen LogP contribution in [0.5, 0.6) is 0 Å². The van der Waals surface area contributed by atoms with Crippen LogP contribution in [0.3, 0.4) is 0 Å². The number of carbonyl (C=O) groups is 2. The molecule has 4 heteroatoms. The maximum Gasteiger partial charge on any atom is 0.224 e. The molecule has 0 saturated carbocycles. The molecule has 1 aliphatic rings. The van der Waals surface area contributed by atoms with E-state index in [1.54, 1.807) is 0 Å². The first-order valence-electron chi connectivity index (χ1n) is 5.46. The zero-order chi connectivity index (χ0) is 12.0. The van der Waals surface area contributed by atoms with Gasteiger partial charge < -0.3 is 9.47 Å². The van der Waals surface area contributed by atoms with Crippen molar-refractivity contribution in [2.45, 2.75) is 26.7 Å². The largest absolute Gasteiger partial charge is 0.489 e. The molecule has 0 saturated heterocycles. The summed E-state index contributed by atoms with van der Waals surface area (Å²) in [5.74, 6) is -0.398. The third-order valence-electron chi connectivity index (χ3n) is 1.93. The molecule has 0 aromatic carbocycles. The minimum atomic E-state index is -0.306. The van der Waals surface area contributed by atoms with Crippen LogP contribution < -0.4 is 0 Å². The van der Waals surface area contributed by atoms with Gasteiger partial charge in [0.1, 0.15) is 0 Å². The van der Waals surface area contributed by atoms with Crippen molar-refractivity contribution in [3.05, 3.63) is 23.7 Å². The van der Waals surface area contributed by atoms with Crippen molar-refractivity contribution in [2.75, 3.05) is 13.2 Å². The van der Waals surface area contributed by atoms with Crippen molar-refractivity contribution < 1.29 is 19.1 Å². The molecule has 0 N–H and O–H groups in total. The van der Waals surface area contributed by atoms with Gasteiger partial charge in [0.05, 0.1) is 13.2 Å². The first kappa shape index (κ1) is 12.5. The van der Waals surface area contributed by atoms with Gasteiger partial charge in [-0.2, -0.15) is 0 Å². The fourth-order valence-electron chi connectivity index (χ4n) is 1.17. The van der Waals surface area contributed by atoms with Crippen molar-refractivity contribution in [3.8, 4) is 0 Å². The van der Waals surface area contributed by atoms with Gasteiger partial charge in [-0.05, 0) is 12.8 Å². The Balaban J connectivity index is 2.64. The molecule has 0 aliphatic heterocycles. The highest BCUT2D eigenvalue weighted by Gasteiger charge is 2.22. The molecule has 0 radical (unpaired) electrons. The third kappa shape index (κ3) is 3.22. The van der Waals surface area contributed by atoms with E-state index in [0.29, 0.717) is 13.2 Å². The van der Waals surface area contributed by atoms with Crippen molar-refractivity contribution in [1.29, 1.82) is 0 Å². The van der Waals surface area contributed by atoms with Gasteiger partial charge in [-0.3, -0.25) is 9.59 Å². The number of rotatable bonds is 6. The van der Waals surface area contributed by atoms with Crippen LogP contribution in [-0.2, 0) is 19.1 Å². The Kier molecular flexibility index (Phi) is 4.76. The SMILES string of the molecule is CCCOC1=CC(=O)C(OCCC)=CC1=O. The van der Waals surface area contributed by atoms with Crippen LogP contribution in [0.15, 0.2) is 23.7 Å². The number of hydrogen-bond donors (Lipinski definition) is 0. The van der Waals surface area contributed by atoms with Gasteiger partial charge in [-0.1, -0.05) is 13.8 Å². The van der Waals surface area contributed by atoms with Crippen LogP contribution in [0.1, 0.15) is 26.7 Å². The topological polar surface area (TPSA) is 52.6 Å². The number of carbonyl (C=O) groups excluding carboxylic acids is 2. The second kappa shape index (κ2) is 6.10. The van der Waals surface area contributed by atoms with Crippen LogP contribution in [0, 0.1) is 0 Å². The summed E-state index contributed by atoms with van der Waals surface area (Å²) in [6.07, 6.45) is 3.98. The molecular weight excluding hydrogens is 208 g/mol. The summed E-state index contributed by atoms with van der Waals surface area (Å²) in [5.41, 5.74) is 0. The molecule has 16 heavy (non-hydrogen) atoms. The molecule has 0 unspecified atom stereocenters. The van der Waals surface area contributed by atoms with Gasteiger partial charge in [0, 0.05) is 12.2 Å². The second-order valence-electron chi connectivity index (χ2n) is 3.44. The summed E-state index contributed by atoms with van der Waals surface area (Å²) in [5, 5.41) is 0. The normalized spacial score (nSPS) is 15.6. The number of ketones is 2. The predicted octanol–water partition coefficient (Wildman–Crippen LogP) is 1.76. The Morgan fingerprint density at radius 2 is 1.25 bits per heavy atom. The molecule has 0 aromatic heterocycles. The molecule has 0 bridgehead atoms. The summed E-state index contributed by atoms with van der Waals surface area (Å²) in [4.78, 5) is 23.0. The lowest BCUT2D eigenvalue weighted by Gasteiger charge is -2.13. The van der Waals surface area contributed by atoms with E-state index in [4.69, 9.17) is 9.47 Å². The average Bonchev–Trinajstić information content (AvgIpc) is 2.28. The lowest BCUT2D eigenvalue weighted by molar-refractivity contribution is -0.119. The maximum absolute atomic E-state index is 11.5. The minimum Gasteiger partial charge on any atom is -0.489 e. The maximum atomic E-state index is 11.5. The fourth-order valence-corrected chi connectivity index (χ4v) is 1.17. The van der Waals surface area contributed by atoms with Crippen LogP contribution >= 0.6 is 0 Å². The molecule has 0 heterocycles. The first-order chi connectivity index (χ1) is 7.69. The Morgan fingerprint density at radius 3 is 1.56 bits per heavy atom. The van der Waals surface area contributed by atoms with E-state index >= 15 is 0 Å². The molecule has 1 rings (SSSR count). The van der Waals surface area contributed by atoms with E-state index in [0.717, 1.165) is 12.8 Å². The van der Waals surface area contributed by atoms with Crippen molar-refractivity contribution in [3.63, 3.8) is 0 Å². The molecule has 0 fully saturated rings. The van der Waals surface area contributed by atoms with E-state index in [1.807, 2.05) is 13.8 Å². The Morgan fingerprint density at radius 1 is 0.875 bits per heavy atom. The first-order valence-corrected chi connectivity index (χ1v) is 5.46. The second-order valence-corrected chi connectivity index (χ2v) is 3.44. The molecule has 0 amide bonds. The molecule has 0 atom stereocenters. The minimum absolute atomic E-state index is 0.107. The number of ether oxygens (including phenoxy) is 2. The van der Waals surface area contributed by atoms with Crippen molar-refractivity contribution >= 4 is 11.6 Å². The molecular formula is C12H16O4. The van der Waals surface area contributed by atoms with Gasteiger partial charge in [0.15, 0.2) is 11.5 Å². The average molecular weight is 224 g/mol. The van der Waals surface area contributed by atoms with Gasteiger partial charge in [0.2, 0.25) is 11.6 Å². The standard InChI is InChI=1S/C12H16O4/c1-3-5-15-11-7-10(14)12(8-9(11)13)16-6-4-2/h7-8H,3-6H2,1-2H3. The molecule has 1 aliphatic carbocycles. The van der Waals surface area contributed by atoms with Crippen LogP contribution in [-0.4, -0.2) is 24.8 Å². The highest BCUT2D eigenvalue weighted by atomic mass is 16.5. The summed E-state index contributed by atoms with van der Waals surface area (Å²) < 4.78 is 10.3. The van der Waals surface area contributed by atoms with Crippen molar-refractivity contribution in [1.82, 2.24) is 0 Å². The highest BCUT2D eigenvalue weighted by molar-refractivity contribution is 6.18. The van der Waals surface area contributed by atoms with Crippen LogP contribution in [0.25, 0.3) is 0 Å². The molecule has 0 aromatic rings. The van der Waals surface area contributed by atoms with Gasteiger partial charge in [-0.15, -0.1) is 0 Å². The summed E-state index contributed by atoms with van der Waals surface area (Å²) in [7, 11) is 0. The van der Waals surface area contributed by atoms with Gasteiger partial charge in [-0.25, -0.2) is 0 Å². The molecule has 88 valence electrons. The third-order valence-corrected chi connectivity index (χ3v) is 1.93. The zero-order valence-electron chi connectivity index (χ0n) is 9.62. The molecule has 4 nitrogen and oxygen atoms in total. The Labute approximate surface area is 94.9 Å². The summed E-state index contributed by atoms with van der Waals surface area (Å²) in [6.45, 7) is 4.73. The van der Waals surface area contributed by atoms with E-state index in [1.165, 1.54) is 12.2 Å². The molecule has 0 spiro atoms. The Hall–Kier alpha value is -1.58.